The van der Waals surface area contributed by atoms with Crippen LogP contribution in [-0.2, 0) is 16.4 Å². The Morgan fingerprint density at radius 2 is 1.79 bits per heavy atom. The highest BCUT2D eigenvalue weighted by Gasteiger charge is 2.38. The van der Waals surface area contributed by atoms with Gasteiger partial charge in [0.2, 0.25) is 10.0 Å². The van der Waals surface area contributed by atoms with Gasteiger partial charge in [0.05, 0.1) is 4.90 Å². The van der Waals surface area contributed by atoms with Crippen molar-refractivity contribution in [2.45, 2.75) is 30.2 Å². The molecule has 1 aromatic heterocycles. The van der Waals surface area contributed by atoms with Gasteiger partial charge in [-0.3, -0.25) is 0 Å². The predicted molar refractivity (Wildman–Crippen MR) is 98.9 cm³/mol. The number of rotatable bonds is 6. The van der Waals surface area contributed by atoms with Crippen molar-refractivity contribution in [3.05, 3.63) is 64.9 Å². The molecule has 0 spiro atoms. The predicted octanol–water partition coefficient (Wildman–Crippen LogP) is 4.30. The van der Waals surface area contributed by atoms with E-state index in [9.17, 15) is 8.42 Å². The van der Waals surface area contributed by atoms with Crippen LogP contribution in [0.15, 0.2) is 64.9 Å². The lowest BCUT2D eigenvalue weighted by Gasteiger charge is -2.22. The molecule has 1 aliphatic rings. The summed E-state index contributed by atoms with van der Waals surface area (Å²) in [6.07, 6.45) is 2.71. The fraction of sp³-hybridized carbons (Fsp3) is 0.263. The minimum absolute atomic E-state index is 0.161. The molecule has 0 bridgehead atoms. The van der Waals surface area contributed by atoms with Gasteiger partial charge in [-0.25, -0.2) is 8.42 Å². The van der Waals surface area contributed by atoms with Crippen LogP contribution in [-0.4, -0.2) is 25.3 Å². The normalized spacial score (nSPS) is 15.2. The number of hydrogen-bond acceptors (Lipinski definition) is 3. The molecule has 0 radical (unpaired) electrons. The quantitative estimate of drug-likeness (QED) is 0.660. The van der Waals surface area contributed by atoms with Crippen LogP contribution in [0.25, 0.3) is 10.8 Å². The zero-order valence-corrected chi connectivity index (χ0v) is 14.9. The van der Waals surface area contributed by atoms with E-state index in [4.69, 9.17) is 0 Å². The lowest BCUT2D eigenvalue weighted by atomic mass is 10.1. The van der Waals surface area contributed by atoms with Gasteiger partial charge in [-0.2, -0.15) is 4.31 Å². The Balaban J connectivity index is 1.70. The molecule has 3 aromatic rings. The molecule has 1 saturated carbocycles. The van der Waals surface area contributed by atoms with Crippen LogP contribution in [0, 0.1) is 0 Å². The SMILES string of the molecule is O=S(=O)(c1cccc2ccccc12)N(CCc1cccs1)C1CC1. The Morgan fingerprint density at radius 3 is 2.54 bits per heavy atom. The van der Waals surface area contributed by atoms with Crippen molar-refractivity contribution in [2.24, 2.45) is 0 Å². The molecule has 1 heterocycles. The summed E-state index contributed by atoms with van der Waals surface area (Å²) in [5.74, 6) is 0. The third kappa shape index (κ3) is 2.99. The van der Waals surface area contributed by atoms with Gasteiger partial charge >= 0.3 is 0 Å². The Kier molecular flexibility index (Phi) is 4.16. The molecule has 4 rings (SSSR count). The van der Waals surface area contributed by atoms with Crippen molar-refractivity contribution in [3.8, 4) is 0 Å². The van der Waals surface area contributed by atoms with Crippen LogP contribution in [0.3, 0.4) is 0 Å². The number of hydrogen-bond donors (Lipinski definition) is 0. The highest BCUT2D eigenvalue weighted by Crippen LogP contribution is 2.34. The molecule has 0 unspecified atom stereocenters. The van der Waals surface area contributed by atoms with Gasteiger partial charge in [0.1, 0.15) is 0 Å². The summed E-state index contributed by atoms with van der Waals surface area (Å²) in [5.41, 5.74) is 0. The fourth-order valence-corrected chi connectivity index (χ4v) is 5.68. The maximum absolute atomic E-state index is 13.3. The highest BCUT2D eigenvalue weighted by molar-refractivity contribution is 7.89. The van der Waals surface area contributed by atoms with Gasteiger partial charge in [0.15, 0.2) is 0 Å². The number of benzene rings is 2. The molecule has 1 aliphatic carbocycles. The van der Waals surface area contributed by atoms with E-state index in [1.165, 1.54) is 4.88 Å². The molecule has 0 N–H and O–H groups in total. The maximum Gasteiger partial charge on any atom is 0.243 e. The second kappa shape index (κ2) is 6.31. The molecule has 1 fully saturated rings. The fourth-order valence-electron chi connectivity index (χ4n) is 3.08. The topological polar surface area (TPSA) is 37.4 Å². The summed E-state index contributed by atoms with van der Waals surface area (Å²) in [7, 11) is -3.48. The van der Waals surface area contributed by atoms with E-state index in [2.05, 4.69) is 6.07 Å². The molecular formula is C19H19NO2S2. The van der Waals surface area contributed by atoms with E-state index in [0.29, 0.717) is 11.4 Å². The second-order valence-corrected chi connectivity index (χ2v) is 9.04. The van der Waals surface area contributed by atoms with Crippen LogP contribution < -0.4 is 0 Å². The summed E-state index contributed by atoms with van der Waals surface area (Å²) >= 11 is 1.68. The summed E-state index contributed by atoms with van der Waals surface area (Å²) in [6.45, 7) is 0.552. The maximum atomic E-state index is 13.3. The zero-order valence-electron chi connectivity index (χ0n) is 13.3. The molecular weight excluding hydrogens is 338 g/mol. The van der Waals surface area contributed by atoms with Crippen LogP contribution in [0.2, 0.25) is 0 Å². The molecule has 2 aromatic carbocycles. The summed E-state index contributed by atoms with van der Waals surface area (Å²) in [6, 6.07) is 17.5. The average Bonchev–Trinajstić information content (AvgIpc) is 3.29. The Morgan fingerprint density at radius 1 is 1.00 bits per heavy atom. The smallest absolute Gasteiger partial charge is 0.207 e. The molecule has 0 saturated heterocycles. The van der Waals surface area contributed by atoms with Gasteiger partial charge < -0.3 is 0 Å². The lowest BCUT2D eigenvalue weighted by Crippen LogP contribution is -2.35. The van der Waals surface area contributed by atoms with E-state index in [-0.39, 0.29) is 6.04 Å². The van der Waals surface area contributed by atoms with E-state index < -0.39 is 10.0 Å². The Labute approximate surface area is 146 Å². The second-order valence-electron chi connectivity index (χ2n) is 6.15. The van der Waals surface area contributed by atoms with Gasteiger partial charge in [0, 0.05) is 22.8 Å². The van der Waals surface area contributed by atoms with E-state index in [0.717, 1.165) is 30.0 Å². The summed E-state index contributed by atoms with van der Waals surface area (Å²) in [5, 5.41) is 3.81. The first-order valence-corrected chi connectivity index (χ1v) is 10.5. The van der Waals surface area contributed by atoms with Gasteiger partial charge in [-0.1, -0.05) is 42.5 Å². The molecule has 5 heteroatoms. The summed E-state index contributed by atoms with van der Waals surface area (Å²) in [4.78, 5) is 1.66. The van der Waals surface area contributed by atoms with Crippen LogP contribution >= 0.6 is 11.3 Å². The molecule has 0 aliphatic heterocycles. The van der Waals surface area contributed by atoms with Crippen molar-refractivity contribution in [1.29, 1.82) is 0 Å². The zero-order chi connectivity index (χ0) is 16.6. The standard InChI is InChI=1S/C19H19NO2S2/c21-24(22,19-9-3-6-15-5-1-2-8-18(15)19)20(16-10-11-16)13-12-17-7-4-14-23-17/h1-9,14,16H,10-13H2. The molecule has 124 valence electrons. The van der Waals surface area contributed by atoms with Crippen LogP contribution in [0.4, 0.5) is 0 Å². The summed E-state index contributed by atoms with van der Waals surface area (Å²) < 4.78 is 28.4. The van der Waals surface area contributed by atoms with Gasteiger partial charge in [0.25, 0.3) is 0 Å². The van der Waals surface area contributed by atoms with E-state index >= 15 is 0 Å². The number of sulfonamides is 1. The van der Waals surface area contributed by atoms with Gasteiger partial charge in [-0.15, -0.1) is 11.3 Å². The van der Waals surface area contributed by atoms with Crippen molar-refractivity contribution in [3.63, 3.8) is 0 Å². The lowest BCUT2D eigenvalue weighted by molar-refractivity contribution is 0.408. The number of nitrogens with zero attached hydrogens (tertiary/aromatic N) is 1. The van der Waals surface area contributed by atoms with Crippen molar-refractivity contribution in [1.82, 2.24) is 4.31 Å². The first-order valence-electron chi connectivity index (χ1n) is 8.18. The largest absolute Gasteiger partial charge is 0.243 e. The third-order valence-electron chi connectivity index (χ3n) is 4.45. The minimum Gasteiger partial charge on any atom is -0.207 e. The van der Waals surface area contributed by atoms with Crippen molar-refractivity contribution in [2.75, 3.05) is 6.54 Å². The average molecular weight is 358 g/mol. The monoisotopic (exact) mass is 357 g/mol. The molecule has 3 nitrogen and oxygen atoms in total. The Bertz CT molecular complexity index is 939. The molecule has 0 atom stereocenters. The first kappa shape index (κ1) is 15.8. The minimum atomic E-state index is -3.48. The number of thiophene rings is 1. The van der Waals surface area contributed by atoms with Crippen LogP contribution in [0.5, 0.6) is 0 Å². The van der Waals surface area contributed by atoms with Crippen molar-refractivity contribution < 1.29 is 8.42 Å². The Hall–Kier alpha value is -1.69. The molecule has 0 amide bonds. The van der Waals surface area contributed by atoms with Crippen molar-refractivity contribution >= 4 is 32.1 Å². The van der Waals surface area contributed by atoms with E-state index in [1.807, 2.05) is 47.8 Å². The van der Waals surface area contributed by atoms with Gasteiger partial charge in [-0.05, 0) is 42.2 Å². The highest BCUT2D eigenvalue weighted by atomic mass is 32.2. The number of fused-ring (bicyclic) bond motifs is 1. The van der Waals surface area contributed by atoms with Crippen LogP contribution in [0.1, 0.15) is 17.7 Å². The first-order chi connectivity index (χ1) is 11.7. The third-order valence-corrected chi connectivity index (χ3v) is 7.40. The molecule has 24 heavy (non-hydrogen) atoms. The van der Waals surface area contributed by atoms with E-state index in [1.54, 1.807) is 21.7 Å².